The molecule has 24 nitrogen and oxygen atoms in total. The largest absolute Gasteiger partial charge is 0.493 e. The summed E-state index contributed by atoms with van der Waals surface area (Å²) >= 11 is 2.26. The molecular formula is C62H84IN7O17. The van der Waals surface area contributed by atoms with Crippen LogP contribution in [0.15, 0.2) is 49.1 Å². The van der Waals surface area contributed by atoms with Crippen molar-refractivity contribution in [2.75, 3.05) is 117 Å². The zero-order chi connectivity index (χ0) is 63.7. The number of ether oxygens (including phenoxy) is 11. The lowest BCUT2D eigenvalue weighted by molar-refractivity contribution is -0.184. The Bertz CT molecular complexity index is 3240. The molecular weight excluding hydrogens is 1240 g/mol. The van der Waals surface area contributed by atoms with E-state index in [1.54, 1.807) is 75.2 Å². The maximum Gasteiger partial charge on any atom is 0.311 e. The number of hydrogen-bond acceptors (Lipinski definition) is 20. The van der Waals surface area contributed by atoms with E-state index in [-0.39, 0.29) is 28.5 Å². The summed E-state index contributed by atoms with van der Waals surface area (Å²) in [6, 6.07) is 7.36. The number of aromatic nitrogens is 6. The molecule has 4 aliphatic heterocycles. The van der Waals surface area contributed by atoms with Gasteiger partial charge in [0.05, 0.1) is 106 Å². The number of amides is 1. The third kappa shape index (κ3) is 16.6. The molecule has 4 saturated heterocycles. The number of hydroxylamine groups is 2. The molecule has 0 spiro atoms. The molecule has 0 radical (unpaired) electrons. The van der Waals surface area contributed by atoms with Crippen molar-refractivity contribution in [1.29, 1.82) is 0 Å². The van der Waals surface area contributed by atoms with E-state index in [0.717, 1.165) is 57.2 Å². The molecule has 0 atom stereocenters. The molecule has 4 fully saturated rings. The van der Waals surface area contributed by atoms with Crippen molar-refractivity contribution < 1.29 is 81.2 Å². The van der Waals surface area contributed by atoms with Crippen LogP contribution in [0.1, 0.15) is 89.4 Å². The summed E-state index contributed by atoms with van der Waals surface area (Å²) in [6.07, 6.45) is 12.9. The molecule has 476 valence electrons. The van der Waals surface area contributed by atoms with Gasteiger partial charge in [-0.15, -0.1) is 0 Å². The molecule has 0 unspecified atom stereocenters. The predicted octanol–water partition coefficient (Wildman–Crippen LogP) is 9.60. The molecule has 2 N–H and O–H groups in total. The number of rotatable bonds is 14. The minimum Gasteiger partial charge on any atom is -0.493 e. The number of carbonyl (C=O) groups is 4. The van der Waals surface area contributed by atoms with Crippen LogP contribution in [0.4, 0.5) is 0 Å². The van der Waals surface area contributed by atoms with Crippen molar-refractivity contribution in [2.24, 2.45) is 28.7 Å². The van der Waals surface area contributed by atoms with E-state index in [1.807, 2.05) is 62.8 Å². The highest BCUT2D eigenvalue weighted by atomic mass is 127. The average Bonchev–Trinajstić information content (AvgIpc) is 2.12. The fourth-order valence-electron chi connectivity index (χ4n) is 10.1. The minimum atomic E-state index is -0.698. The second-order valence-corrected chi connectivity index (χ2v) is 23.5. The van der Waals surface area contributed by atoms with Gasteiger partial charge in [0.25, 0.3) is 5.91 Å². The number of benzene rings is 2. The number of aromatic amines is 1. The average molecular weight is 1330 g/mol. The maximum atomic E-state index is 13.3. The number of carboxylic acid groups (broad SMARTS) is 1. The second-order valence-electron chi connectivity index (χ2n) is 22.3. The number of carboxylic acids is 1. The van der Waals surface area contributed by atoms with Crippen LogP contribution in [0.25, 0.3) is 44.8 Å². The summed E-state index contributed by atoms with van der Waals surface area (Å²) in [5.41, 5.74) is 4.77. The van der Waals surface area contributed by atoms with E-state index in [2.05, 4.69) is 37.5 Å². The zero-order valence-corrected chi connectivity index (χ0v) is 54.6. The van der Waals surface area contributed by atoms with E-state index in [1.165, 1.54) is 19.3 Å². The molecule has 87 heavy (non-hydrogen) atoms. The summed E-state index contributed by atoms with van der Waals surface area (Å²) in [5, 5.41) is 10.0. The summed E-state index contributed by atoms with van der Waals surface area (Å²) in [6.45, 7) is 12.7. The van der Waals surface area contributed by atoms with Crippen LogP contribution < -0.4 is 28.4 Å². The molecule has 4 aromatic heterocycles. The molecule has 0 saturated carbocycles. The van der Waals surface area contributed by atoms with E-state index in [9.17, 15) is 19.2 Å². The number of aryl methyl sites for hydroxylation is 1. The van der Waals surface area contributed by atoms with E-state index in [0.29, 0.717) is 135 Å². The lowest BCUT2D eigenvalue weighted by atomic mass is 9.76. The van der Waals surface area contributed by atoms with Crippen molar-refractivity contribution in [2.45, 2.75) is 79.1 Å². The highest BCUT2D eigenvalue weighted by molar-refractivity contribution is 14.1. The van der Waals surface area contributed by atoms with Crippen LogP contribution in [-0.4, -0.2) is 180 Å². The summed E-state index contributed by atoms with van der Waals surface area (Å²) in [7, 11) is 16.0. The summed E-state index contributed by atoms with van der Waals surface area (Å²) in [4.78, 5) is 73.4. The number of nitrogens with one attached hydrogen (secondary N) is 1. The van der Waals surface area contributed by atoms with Gasteiger partial charge in [0.2, 0.25) is 11.5 Å². The number of halogens is 1. The maximum absolute atomic E-state index is 13.3. The van der Waals surface area contributed by atoms with Crippen molar-refractivity contribution in [3.63, 3.8) is 0 Å². The van der Waals surface area contributed by atoms with Gasteiger partial charge in [-0.1, -0.05) is 13.8 Å². The van der Waals surface area contributed by atoms with Crippen LogP contribution in [0.3, 0.4) is 0 Å². The Hall–Kier alpha value is -6.91. The van der Waals surface area contributed by atoms with E-state index >= 15 is 0 Å². The Balaban J connectivity index is 0.000000187. The van der Waals surface area contributed by atoms with Crippen molar-refractivity contribution >= 4 is 68.5 Å². The number of carbonyl (C=O) groups excluding carboxylic acids is 3. The van der Waals surface area contributed by atoms with Gasteiger partial charge in [-0.2, -0.15) is 0 Å². The first-order valence-corrected chi connectivity index (χ1v) is 29.5. The van der Waals surface area contributed by atoms with Crippen molar-refractivity contribution in [1.82, 2.24) is 34.6 Å². The predicted molar refractivity (Wildman–Crippen MR) is 332 cm³/mol. The monoisotopic (exact) mass is 1330 g/mol. The lowest BCUT2D eigenvalue weighted by Gasteiger charge is -2.34. The molecule has 2 aromatic carbocycles. The summed E-state index contributed by atoms with van der Waals surface area (Å²) in [5.74, 6) is 2.58. The number of nitrogens with zero attached hydrogens (tertiary/aromatic N) is 6. The standard InChI is InChI=1S/C22H25N3O5.C16H16IN3O3.C9H17NO3.C8H14O3.C7H12O3/c1-22(5-7-30-8-6-22)20(26)14-11-23-21-18(14)25-15(12-24-21)13-9-16(27-2)19(29-4)17(10-13)28-3;1-20-8-10(17)14-16(20)18-7-11(19-14)9-5-12(21-2)15(23-4)13(6-9)22-3;1-9(4-6-13-7-5-9)8(11)10(2)12-3;1-8(7(9)10-2)3-5-11-6-4-8;1-7(6(8)9)2-4-10-5-3-7/h9-12H,5-8H2,1-4H3,(H,23,24);5-8H,1-4H3;4-7H2,1-3H3;3-6H2,1-2H3;2-5H2,1H3,(H,8,9). The van der Waals surface area contributed by atoms with E-state index in [4.69, 9.17) is 72.0 Å². The molecule has 10 rings (SSSR count). The fraction of sp³-hybridized carbons (Fsp3) is 0.548. The smallest absolute Gasteiger partial charge is 0.311 e. The topological polar surface area (TPSA) is 275 Å². The molecule has 25 heteroatoms. The zero-order valence-electron chi connectivity index (χ0n) is 52.5. The molecule has 4 aliphatic rings. The SMILES string of the molecule is CC1(C(=O)O)CCOCC1.COC(=O)C1(C)CCOCC1.CON(C)C(=O)C1(C)CCOCC1.COc1cc(-c2cnc3[nH]cc(C(=O)C4(C)CCOCC4)c3n2)cc(OC)c1OC.COc1cc(-c2cnc3c(n2)c(I)cn3C)cc(OC)c1OC. The number of Topliss-reactive ketones (excluding diaryl/α,β-unsaturated/α-hetero) is 1. The van der Waals surface area contributed by atoms with Gasteiger partial charge in [-0.3, -0.25) is 24.0 Å². The molecule has 0 bridgehead atoms. The van der Waals surface area contributed by atoms with Gasteiger partial charge in [-0.05, 0) is 112 Å². The normalized spacial score (nSPS) is 17.1. The van der Waals surface area contributed by atoms with Crippen LogP contribution in [0.5, 0.6) is 34.5 Å². The molecule has 0 aliphatic carbocycles. The van der Waals surface area contributed by atoms with Gasteiger partial charge in [0.15, 0.2) is 40.1 Å². The first-order chi connectivity index (χ1) is 41.5. The van der Waals surface area contributed by atoms with Gasteiger partial charge in [0.1, 0.15) is 11.0 Å². The quantitative estimate of drug-likeness (QED) is 0.0444. The van der Waals surface area contributed by atoms with Gasteiger partial charge < -0.3 is 66.8 Å². The Kier molecular flexibility index (Phi) is 24.9. The third-order valence-electron chi connectivity index (χ3n) is 16.4. The number of H-pyrrole nitrogens is 1. The minimum absolute atomic E-state index is 0.0401. The Morgan fingerprint density at radius 1 is 0.586 bits per heavy atom. The van der Waals surface area contributed by atoms with E-state index < -0.39 is 16.8 Å². The highest BCUT2D eigenvalue weighted by Crippen LogP contribution is 2.43. The molecule has 6 aromatic rings. The highest BCUT2D eigenvalue weighted by Gasteiger charge is 2.40. The first-order valence-electron chi connectivity index (χ1n) is 28.5. The Morgan fingerprint density at radius 3 is 1.38 bits per heavy atom. The van der Waals surface area contributed by atoms with Gasteiger partial charge in [-0.25, -0.2) is 25.0 Å². The Labute approximate surface area is 521 Å². The third-order valence-corrected chi connectivity index (χ3v) is 17.2. The van der Waals surface area contributed by atoms with Crippen molar-refractivity contribution in [3.05, 3.63) is 58.2 Å². The number of methoxy groups -OCH3 is 7. The van der Waals surface area contributed by atoms with Gasteiger partial charge in [0, 0.05) is 95.9 Å². The number of esters is 1. The number of ketones is 1. The number of aliphatic carboxylic acids is 1. The van der Waals surface area contributed by atoms with Crippen molar-refractivity contribution in [3.8, 4) is 57.0 Å². The van der Waals surface area contributed by atoms with Gasteiger partial charge >= 0.3 is 11.9 Å². The molecule has 1 amide bonds. The van der Waals surface area contributed by atoms with Crippen LogP contribution in [0, 0.1) is 25.2 Å². The van der Waals surface area contributed by atoms with Crippen LogP contribution in [-0.2, 0) is 50.0 Å². The Morgan fingerprint density at radius 2 is 0.989 bits per heavy atom. The van der Waals surface area contributed by atoms with Crippen LogP contribution in [0.2, 0.25) is 0 Å². The first kappa shape index (κ1) is 69.2. The number of fused-ring (bicyclic) bond motifs is 2. The van der Waals surface area contributed by atoms with Crippen LogP contribution >= 0.6 is 22.6 Å². The molecule has 8 heterocycles. The summed E-state index contributed by atoms with van der Waals surface area (Å²) < 4.78 is 61.0. The second kappa shape index (κ2) is 31.3. The lowest BCUT2D eigenvalue weighted by Crippen LogP contribution is -2.43. The fourth-order valence-corrected chi connectivity index (χ4v) is 10.9. The number of hydrogen-bond donors (Lipinski definition) is 2.